The van der Waals surface area contributed by atoms with Crippen LogP contribution in [-0.2, 0) is 13.6 Å². The van der Waals surface area contributed by atoms with Gasteiger partial charge in [0.2, 0.25) is 0 Å². The molecule has 1 N–H and O–H groups in total. The summed E-state index contributed by atoms with van der Waals surface area (Å²) in [5, 5.41) is 10.7. The van der Waals surface area contributed by atoms with E-state index in [0.717, 1.165) is 11.3 Å². The molecule has 0 aliphatic carbocycles. The van der Waals surface area contributed by atoms with E-state index in [2.05, 4.69) is 15.5 Å². The van der Waals surface area contributed by atoms with Crippen molar-refractivity contribution >= 4 is 6.03 Å². The molecule has 0 saturated heterocycles. The number of aromatic nitrogens is 3. The SMILES string of the molecule is CCOc1ccc(CN(C)C(=O)N[C@@H](C)c2nncn2C)cc1. The van der Waals surface area contributed by atoms with Gasteiger partial charge in [0.1, 0.15) is 12.1 Å². The molecule has 7 heteroatoms. The van der Waals surface area contributed by atoms with Gasteiger partial charge in [0.05, 0.1) is 12.6 Å². The zero-order valence-electron chi connectivity index (χ0n) is 14.0. The van der Waals surface area contributed by atoms with Crippen molar-refractivity contribution in [1.82, 2.24) is 25.0 Å². The number of aryl methyl sites for hydroxylation is 1. The highest BCUT2D eigenvalue weighted by atomic mass is 16.5. The van der Waals surface area contributed by atoms with Gasteiger partial charge in [0, 0.05) is 20.6 Å². The molecule has 0 saturated carbocycles. The Labute approximate surface area is 136 Å². The first-order chi connectivity index (χ1) is 11.0. The van der Waals surface area contributed by atoms with Gasteiger partial charge in [-0.15, -0.1) is 10.2 Å². The van der Waals surface area contributed by atoms with E-state index in [1.807, 2.05) is 45.2 Å². The summed E-state index contributed by atoms with van der Waals surface area (Å²) in [6, 6.07) is 7.37. The summed E-state index contributed by atoms with van der Waals surface area (Å²) in [4.78, 5) is 13.9. The van der Waals surface area contributed by atoms with Crippen molar-refractivity contribution in [2.24, 2.45) is 7.05 Å². The fourth-order valence-corrected chi connectivity index (χ4v) is 2.25. The number of hydrogen-bond donors (Lipinski definition) is 1. The number of carbonyl (C=O) groups is 1. The molecule has 7 nitrogen and oxygen atoms in total. The molecule has 0 unspecified atom stereocenters. The van der Waals surface area contributed by atoms with Crippen molar-refractivity contribution in [2.75, 3.05) is 13.7 Å². The number of ether oxygens (including phenoxy) is 1. The summed E-state index contributed by atoms with van der Waals surface area (Å²) in [6.07, 6.45) is 1.61. The first-order valence-corrected chi connectivity index (χ1v) is 7.58. The van der Waals surface area contributed by atoms with Crippen molar-refractivity contribution < 1.29 is 9.53 Å². The number of carbonyl (C=O) groups excluding carboxylic acids is 1. The van der Waals surface area contributed by atoms with Crippen molar-refractivity contribution in [2.45, 2.75) is 26.4 Å². The molecule has 2 aromatic rings. The summed E-state index contributed by atoms with van der Waals surface area (Å²) in [7, 11) is 3.61. The molecule has 0 aliphatic heterocycles. The van der Waals surface area contributed by atoms with Crippen molar-refractivity contribution in [3.05, 3.63) is 42.0 Å². The standard InChI is InChI=1S/C16H23N5O2/c1-5-23-14-8-6-13(7-9-14)10-20(3)16(22)18-12(2)15-19-17-11-21(15)4/h6-9,11-12H,5,10H2,1-4H3,(H,18,22)/t12-/m0/s1. The molecule has 1 atom stereocenters. The molecule has 2 amide bonds. The first-order valence-electron chi connectivity index (χ1n) is 7.58. The Kier molecular flexibility index (Phi) is 5.56. The third-order valence-corrected chi connectivity index (χ3v) is 3.47. The van der Waals surface area contributed by atoms with Crippen molar-refractivity contribution in [3.63, 3.8) is 0 Å². The van der Waals surface area contributed by atoms with Crippen LogP contribution in [0.25, 0.3) is 0 Å². The average Bonchev–Trinajstić information content (AvgIpc) is 2.95. The molecular weight excluding hydrogens is 294 g/mol. The van der Waals surface area contributed by atoms with Gasteiger partial charge in [-0.3, -0.25) is 0 Å². The van der Waals surface area contributed by atoms with Gasteiger partial charge in [-0.25, -0.2) is 4.79 Å². The van der Waals surface area contributed by atoms with Gasteiger partial charge >= 0.3 is 6.03 Å². The van der Waals surface area contributed by atoms with Crippen LogP contribution in [0.3, 0.4) is 0 Å². The van der Waals surface area contributed by atoms with Gasteiger partial charge in [-0.2, -0.15) is 0 Å². The first kappa shape index (κ1) is 16.8. The van der Waals surface area contributed by atoms with E-state index in [0.29, 0.717) is 19.0 Å². The number of nitrogens with one attached hydrogen (secondary N) is 1. The highest BCUT2D eigenvalue weighted by molar-refractivity contribution is 5.74. The third-order valence-electron chi connectivity index (χ3n) is 3.47. The third kappa shape index (κ3) is 4.45. The van der Waals surface area contributed by atoms with E-state index in [9.17, 15) is 4.79 Å². The Morgan fingerprint density at radius 3 is 2.65 bits per heavy atom. The zero-order chi connectivity index (χ0) is 16.8. The minimum Gasteiger partial charge on any atom is -0.494 e. The van der Waals surface area contributed by atoms with Crippen LogP contribution in [0.2, 0.25) is 0 Å². The van der Waals surface area contributed by atoms with Crippen LogP contribution in [0.4, 0.5) is 4.79 Å². The normalized spacial score (nSPS) is 11.8. The fourth-order valence-electron chi connectivity index (χ4n) is 2.25. The number of benzene rings is 1. The van der Waals surface area contributed by atoms with Crippen LogP contribution in [0.1, 0.15) is 31.3 Å². The number of rotatable bonds is 6. The molecule has 2 rings (SSSR count). The van der Waals surface area contributed by atoms with E-state index in [4.69, 9.17) is 4.74 Å². The molecule has 1 aromatic carbocycles. The maximum absolute atomic E-state index is 12.3. The van der Waals surface area contributed by atoms with Crippen LogP contribution in [0.15, 0.2) is 30.6 Å². The Morgan fingerprint density at radius 1 is 1.39 bits per heavy atom. The topological polar surface area (TPSA) is 72.3 Å². The summed E-state index contributed by atoms with van der Waals surface area (Å²) < 4.78 is 7.20. The Hall–Kier alpha value is -2.57. The lowest BCUT2D eigenvalue weighted by molar-refractivity contribution is 0.203. The molecule has 23 heavy (non-hydrogen) atoms. The Balaban J connectivity index is 1.90. The molecule has 1 heterocycles. The van der Waals surface area contributed by atoms with Crippen molar-refractivity contribution in [1.29, 1.82) is 0 Å². The minimum absolute atomic E-state index is 0.158. The lowest BCUT2D eigenvalue weighted by Gasteiger charge is -2.21. The molecule has 1 aromatic heterocycles. The van der Waals surface area contributed by atoms with Gasteiger partial charge in [-0.1, -0.05) is 12.1 Å². The Bertz CT molecular complexity index is 638. The molecule has 0 bridgehead atoms. The van der Waals surface area contributed by atoms with E-state index >= 15 is 0 Å². The highest BCUT2D eigenvalue weighted by Gasteiger charge is 2.16. The smallest absolute Gasteiger partial charge is 0.318 e. The molecule has 0 radical (unpaired) electrons. The lowest BCUT2D eigenvalue weighted by atomic mass is 10.2. The van der Waals surface area contributed by atoms with E-state index in [-0.39, 0.29) is 12.1 Å². The largest absolute Gasteiger partial charge is 0.494 e. The highest BCUT2D eigenvalue weighted by Crippen LogP contribution is 2.14. The molecule has 124 valence electrons. The lowest BCUT2D eigenvalue weighted by Crippen LogP contribution is -2.38. The van der Waals surface area contributed by atoms with Gasteiger partial charge < -0.3 is 19.5 Å². The molecule has 0 spiro atoms. The summed E-state index contributed by atoms with van der Waals surface area (Å²) in [5.74, 6) is 1.55. The second-order valence-electron chi connectivity index (χ2n) is 5.40. The summed E-state index contributed by atoms with van der Waals surface area (Å²) in [6.45, 7) is 4.99. The van der Waals surface area contributed by atoms with Crippen molar-refractivity contribution in [3.8, 4) is 5.75 Å². The fraction of sp³-hybridized carbons (Fsp3) is 0.438. The number of nitrogens with zero attached hydrogens (tertiary/aromatic N) is 4. The predicted molar refractivity (Wildman–Crippen MR) is 87.0 cm³/mol. The Morgan fingerprint density at radius 2 is 2.09 bits per heavy atom. The number of urea groups is 1. The molecular formula is C16H23N5O2. The molecule has 0 aliphatic rings. The maximum atomic E-state index is 12.3. The van der Waals surface area contributed by atoms with Crippen LogP contribution >= 0.6 is 0 Å². The van der Waals surface area contributed by atoms with Gasteiger partial charge in [-0.05, 0) is 31.5 Å². The number of amides is 2. The predicted octanol–water partition coefficient (Wildman–Crippen LogP) is 2.12. The maximum Gasteiger partial charge on any atom is 0.318 e. The molecule has 0 fully saturated rings. The summed E-state index contributed by atoms with van der Waals surface area (Å²) >= 11 is 0. The van der Waals surface area contributed by atoms with Crippen LogP contribution in [0.5, 0.6) is 5.75 Å². The summed E-state index contributed by atoms with van der Waals surface area (Å²) in [5.41, 5.74) is 1.04. The number of hydrogen-bond acceptors (Lipinski definition) is 4. The monoisotopic (exact) mass is 317 g/mol. The van der Waals surface area contributed by atoms with Crippen LogP contribution in [0, 0.1) is 0 Å². The zero-order valence-corrected chi connectivity index (χ0v) is 14.0. The van der Waals surface area contributed by atoms with E-state index in [1.165, 1.54) is 0 Å². The quantitative estimate of drug-likeness (QED) is 0.886. The van der Waals surface area contributed by atoms with Gasteiger partial charge in [0.25, 0.3) is 0 Å². The second kappa shape index (κ2) is 7.62. The van der Waals surface area contributed by atoms with E-state index in [1.54, 1.807) is 22.8 Å². The van der Waals surface area contributed by atoms with Gasteiger partial charge in [0.15, 0.2) is 5.82 Å². The average molecular weight is 317 g/mol. The second-order valence-corrected chi connectivity index (χ2v) is 5.40. The van der Waals surface area contributed by atoms with Crippen LogP contribution < -0.4 is 10.1 Å². The van der Waals surface area contributed by atoms with E-state index < -0.39 is 0 Å². The minimum atomic E-state index is -0.210. The van der Waals surface area contributed by atoms with Crippen LogP contribution in [-0.4, -0.2) is 39.4 Å².